The number of carbonyl (C=O) groups is 1. The van der Waals surface area contributed by atoms with E-state index in [1.54, 1.807) is 38.0 Å². The lowest BCUT2D eigenvalue weighted by atomic mass is 10.2. The van der Waals surface area contributed by atoms with Gasteiger partial charge >= 0.3 is 0 Å². The van der Waals surface area contributed by atoms with Crippen molar-refractivity contribution in [3.63, 3.8) is 0 Å². The molecular formula is C14H17NOS. The van der Waals surface area contributed by atoms with Crippen LogP contribution in [0.25, 0.3) is 6.08 Å². The summed E-state index contributed by atoms with van der Waals surface area (Å²) in [5.41, 5.74) is 1.13. The highest BCUT2D eigenvalue weighted by atomic mass is 32.2. The minimum Gasteiger partial charge on any atom is -0.345 e. The Bertz CT molecular complexity index is 418. The Morgan fingerprint density at radius 3 is 2.35 bits per heavy atom. The number of amides is 1. The summed E-state index contributed by atoms with van der Waals surface area (Å²) in [7, 11) is 3.47. The quantitative estimate of drug-likeness (QED) is 0.463. The van der Waals surface area contributed by atoms with E-state index in [9.17, 15) is 4.79 Å². The second-order valence-electron chi connectivity index (χ2n) is 3.72. The summed E-state index contributed by atoms with van der Waals surface area (Å²) in [6.07, 6.45) is 9.21. The molecule has 0 spiro atoms. The lowest BCUT2D eigenvalue weighted by Gasteiger charge is -2.04. The van der Waals surface area contributed by atoms with Crippen molar-refractivity contribution in [2.24, 2.45) is 0 Å². The van der Waals surface area contributed by atoms with Crippen LogP contribution in [0.1, 0.15) is 5.56 Å². The normalized spacial score (nSPS) is 11.2. The van der Waals surface area contributed by atoms with Gasteiger partial charge in [-0.05, 0) is 24.0 Å². The van der Waals surface area contributed by atoms with Gasteiger partial charge in [0.05, 0.1) is 0 Å². The molecule has 0 radical (unpaired) electrons. The molecule has 0 aliphatic rings. The third-order valence-electron chi connectivity index (χ3n) is 2.20. The number of carbonyl (C=O) groups excluding carboxylic acids is 1. The molecule has 3 heteroatoms. The monoisotopic (exact) mass is 247 g/mol. The van der Waals surface area contributed by atoms with Gasteiger partial charge < -0.3 is 4.90 Å². The van der Waals surface area contributed by atoms with Crippen molar-refractivity contribution in [1.82, 2.24) is 4.90 Å². The molecule has 1 rings (SSSR count). The number of rotatable bonds is 4. The lowest BCUT2D eigenvalue weighted by molar-refractivity contribution is -0.123. The van der Waals surface area contributed by atoms with E-state index >= 15 is 0 Å². The van der Waals surface area contributed by atoms with E-state index in [1.165, 1.54) is 9.80 Å². The Morgan fingerprint density at radius 1 is 1.18 bits per heavy atom. The van der Waals surface area contributed by atoms with Crippen LogP contribution in [0.15, 0.2) is 47.4 Å². The first kappa shape index (κ1) is 13.6. The minimum absolute atomic E-state index is 0.00705. The number of hydrogen-bond donors (Lipinski definition) is 0. The Hall–Kier alpha value is -1.48. The van der Waals surface area contributed by atoms with Crippen LogP contribution in [0.3, 0.4) is 0 Å². The molecule has 0 aromatic heterocycles. The molecular weight excluding hydrogens is 230 g/mol. The lowest BCUT2D eigenvalue weighted by Crippen LogP contribution is -2.18. The van der Waals surface area contributed by atoms with Crippen molar-refractivity contribution >= 4 is 23.7 Å². The predicted octanol–water partition coefficient (Wildman–Crippen LogP) is 3.07. The van der Waals surface area contributed by atoms with Gasteiger partial charge in [-0.1, -0.05) is 30.4 Å². The molecule has 0 bridgehead atoms. The Balaban J connectivity index is 2.56. The maximum absolute atomic E-state index is 11.2. The molecule has 90 valence electrons. The van der Waals surface area contributed by atoms with Crippen molar-refractivity contribution in [2.45, 2.75) is 4.90 Å². The van der Waals surface area contributed by atoms with E-state index in [1.807, 2.05) is 12.2 Å². The van der Waals surface area contributed by atoms with Crippen LogP contribution in [-0.4, -0.2) is 31.2 Å². The minimum atomic E-state index is -0.00705. The molecule has 1 aromatic carbocycles. The van der Waals surface area contributed by atoms with Crippen molar-refractivity contribution in [1.29, 1.82) is 0 Å². The number of allylic oxidation sites excluding steroid dienone is 2. The SMILES string of the molecule is CSc1ccc(/C=C/C=C/C(=O)N(C)C)cc1. The standard InChI is InChI=1S/C14H17NOS/c1-15(2)14(16)7-5-4-6-12-8-10-13(17-3)11-9-12/h4-11H,1-3H3/b6-4+,7-5+. The zero-order chi connectivity index (χ0) is 12.7. The first-order valence-electron chi connectivity index (χ1n) is 5.33. The largest absolute Gasteiger partial charge is 0.345 e. The number of likely N-dealkylation sites (N-methyl/N-ethyl adjacent to an activating group) is 1. The zero-order valence-corrected chi connectivity index (χ0v) is 11.2. The molecule has 0 aliphatic carbocycles. The molecule has 0 fully saturated rings. The average molecular weight is 247 g/mol. The van der Waals surface area contributed by atoms with Crippen LogP contribution >= 0.6 is 11.8 Å². The van der Waals surface area contributed by atoms with E-state index in [-0.39, 0.29) is 5.91 Å². The number of nitrogens with zero attached hydrogens (tertiary/aromatic N) is 1. The number of hydrogen-bond acceptors (Lipinski definition) is 2. The summed E-state index contributed by atoms with van der Waals surface area (Å²) in [5, 5.41) is 0. The Morgan fingerprint density at radius 2 is 1.82 bits per heavy atom. The highest BCUT2D eigenvalue weighted by Crippen LogP contribution is 2.15. The van der Waals surface area contributed by atoms with Gasteiger partial charge in [0, 0.05) is 25.1 Å². The molecule has 17 heavy (non-hydrogen) atoms. The van der Waals surface area contributed by atoms with Crippen LogP contribution in [0.5, 0.6) is 0 Å². The summed E-state index contributed by atoms with van der Waals surface area (Å²) in [6, 6.07) is 8.28. The summed E-state index contributed by atoms with van der Waals surface area (Å²) in [4.78, 5) is 14.0. The van der Waals surface area contributed by atoms with Gasteiger partial charge in [0.2, 0.25) is 5.91 Å². The molecule has 2 nitrogen and oxygen atoms in total. The van der Waals surface area contributed by atoms with E-state index < -0.39 is 0 Å². The number of benzene rings is 1. The number of thioether (sulfide) groups is 1. The topological polar surface area (TPSA) is 20.3 Å². The van der Waals surface area contributed by atoms with Gasteiger partial charge in [-0.3, -0.25) is 4.79 Å². The molecule has 1 amide bonds. The molecule has 0 atom stereocenters. The van der Waals surface area contributed by atoms with Crippen molar-refractivity contribution in [3.8, 4) is 0 Å². The third-order valence-corrected chi connectivity index (χ3v) is 2.94. The molecule has 0 saturated carbocycles. The van der Waals surface area contributed by atoms with Gasteiger partial charge in [-0.15, -0.1) is 11.8 Å². The van der Waals surface area contributed by atoms with Gasteiger partial charge in [0.1, 0.15) is 0 Å². The van der Waals surface area contributed by atoms with Gasteiger partial charge in [0.25, 0.3) is 0 Å². The maximum atomic E-state index is 11.2. The fraction of sp³-hybridized carbons (Fsp3) is 0.214. The summed E-state index contributed by atoms with van der Waals surface area (Å²) in [6.45, 7) is 0. The van der Waals surface area contributed by atoms with E-state index in [4.69, 9.17) is 0 Å². The van der Waals surface area contributed by atoms with Gasteiger partial charge in [-0.25, -0.2) is 0 Å². The third kappa shape index (κ3) is 4.91. The highest BCUT2D eigenvalue weighted by molar-refractivity contribution is 7.98. The predicted molar refractivity (Wildman–Crippen MR) is 75.1 cm³/mol. The van der Waals surface area contributed by atoms with E-state index in [0.717, 1.165) is 5.56 Å². The van der Waals surface area contributed by atoms with Crippen molar-refractivity contribution in [3.05, 3.63) is 48.1 Å². The average Bonchev–Trinajstić information content (AvgIpc) is 2.35. The zero-order valence-electron chi connectivity index (χ0n) is 10.4. The second-order valence-corrected chi connectivity index (χ2v) is 4.60. The van der Waals surface area contributed by atoms with E-state index in [0.29, 0.717) is 0 Å². The van der Waals surface area contributed by atoms with Crippen molar-refractivity contribution < 1.29 is 4.79 Å². The molecule has 0 unspecified atom stereocenters. The van der Waals surface area contributed by atoms with Crippen LogP contribution in [-0.2, 0) is 4.79 Å². The van der Waals surface area contributed by atoms with Gasteiger partial charge in [0.15, 0.2) is 0 Å². The first-order chi connectivity index (χ1) is 8.13. The molecule has 0 saturated heterocycles. The van der Waals surface area contributed by atoms with Crippen LogP contribution in [0, 0.1) is 0 Å². The Labute approximate surface area is 107 Å². The maximum Gasteiger partial charge on any atom is 0.246 e. The van der Waals surface area contributed by atoms with Crippen LogP contribution < -0.4 is 0 Å². The van der Waals surface area contributed by atoms with Crippen LogP contribution in [0.2, 0.25) is 0 Å². The molecule has 0 heterocycles. The summed E-state index contributed by atoms with van der Waals surface area (Å²) in [5.74, 6) is -0.00705. The van der Waals surface area contributed by atoms with E-state index in [2.05, 4.69) is 30.5 Å². The first-order valence-corrected chi connectivity index (χ1v) is 6.56. The fourth-order valence-corrected chi connectivity index (χ4v) is 1.58. The second kappa shape index (κ2) is 6.97. The van der Waals surface area contributed by atoms with Crippen molar-refractivity contribution in [2.75, 3.05) is 20.4 Å². The summed E-state index contributed by atoms with van der Waals surface area (Å²) >= 11 is 1.72. The van der Waals surface area contributed by atoms with Crippen LogP contribution in [0.4, 0.5) is 0 Å². The molecule has 0 N–H and O–H groups in total. The molecule has 1 aromatic rings. The summed E-state index contributed by atoms with van der Waals surface area (Å²) < 4.78 is 0. The Kier molecular flexibility index (Phi) is 5.57. The molecule has 0 aliphatic heterocycles. The smallest absolute Gasteiger partial charge is 0.246 e. The van der Waals surface area contributed by atoms with Gasteiger partial charge in [-0.2, -0.15) is 0 Å². The highest BCUT2D eigenvalue weighted by Gasteiger charge is 1.94. The fourth-order valence-electron chi connectivity index (χ4n) is 1.17.